The average molecular weight is 474 g/mol. The van der Waals surface area contributed by atoms with Crippen molar-refractivity contribution >= 4 is 35.8 Å². The van der Waals surface area contributed by atoms with Crippen LogP contribution >= 0.6 is 24.0 Å². The number of para-hydroxylation sites is 1. The van der Waals surface area contributed by atoms with Crippen LogP contribution in [0.2, 0.25) is 0 Å². The Morgan fingerprint density at radius 3 is 2.40 bits per heavy atom. The largest absolute Gasteiger partial charge is 0.573 e. The number of aliphatic imine (C=N–C) groups is 1. The summed E-state index contributed by atoms with van der Waals surface area (Å²) in [5.41, 5.74) is 0.314. The van der Waals surface area contributed by atoms with E-state index in [1.807, 2.05) is 6.92 Å². The minimum atomic E-state index is -4.75. The Labute approximate surface area is 161 Å². The second-order valence-electron chi connectivity index (χ2n) is 4.76. The van der Waals surface area contributed by atoms with E-state index in [0.29, 0.717) is 31.2 Å². The van der Waals surface area contributed by atoms with Gasteiger partial charge < -0.3 is 20.7 Å². The quantitative estimate of drug-likeness (QED) is 0.246. The molecule has 1 rings (SSSR count). The van der Waals surface area contributed by atoms with Gasteiger partial charge in [-0.3, -0.25) is 4.79 Å². The van der Waals surface area contributed by atoms with E-state index in [9.17, 15) is 18.0 Å². The number of carbonyl (C=O) groups is 1. The molecule has 0 aliphatic heterocycles. The first-order chi connectivity index (χ1) is 11.3. The molecule has 1 amide bonds. The molecule has 0 saturated carbocycles. The van der Waals surface area contributed by atoms with Crippen LogP contribution in [0.4, 0.5) is 13.2 Å². The number of benzene rings is 1. The third-order valence-electron chi connectivity index (χ3n) is 2.74. The second kappa shape index (κ2) is 11.8. The van der Waals surface area contributed by atoms with Crippen molar-refractivity contribution in [1.82, 2.24) is 16.0 Å². The van der Waals surface area contributed by atoms with E-state index in [1.54, 1.807) is 6.07 Å². The molecule has 142 valence electrons. The molecular weight excluding hydrogens is 452 g/mol. The SMILES string of the molecule is CCNC(=NCc1ccccc1OC(F)(F)F)NCCNC(C)=O.I. The van der Waals surface area contributed by atoms with Crippen molar-refractivity contribution in [3.63, 3.8) is 0 Å². The fourth-order valence-electron chi connectivity index (χ4n) is 1.78. The molecule has 0 bridgehead atoms. The topological polar surface area (TPSA) is 74.8 Å². The first-order valence-corrected chi connectivity index (χ1v) is 7.42. The number of carbonyl (C=O) groups excluding carboxylic acids is 1. The van der Waals surface area contributed by atoms with E-state index in [1.165, 1.54) is 25.1 Å². The molecule has 0 aliphatic rings. The van der Waals surface area contributed by atoms with E-state index >= 15 is 0 Å². The molecule has 0 aliphatic carbocycles. The van der Waals surface area contributed by atoms with E-state index < -0.39 is 6.36 Å². The monoisotopic (exact) mass is 474 g/mol. The van der Waals surface area contributed by atoms with Crippen molar-refractivity contribution in [2.24, 2.45) is 4.99 Å². The molecule has 3 N–H and O–H groups in total. The number of amides is 1. The van der Waals surface area contributed by atoms with Crippen molar-refractivity contribution in [2.45, 2.75) is 26.8 Å². The molecule has 0 saturated heterocycles. The number of hydrogen-bond acceptors (Lipinski definition) is 3. The summed E-state index contributed by atoms with van der Waals surface area (Å²) in [5.74, 6) is 0.0180. The molecule has 0 aromatic heterocycles. The van der Waals surface area contributed by atoms with Crippen LogP contribution < -0.4 is 20.7 Å². The fourth-order valence-corrected chi connectivity index (χ4v) is 1.78. The lowest BCUT2D eigenvalue weighted by atomic mass is 10.2. The molecule has 1 aromatic carbocycles. The Balaban J connectivity index is 0.00000576. The Morgan fingerprint density at radius 2 is 1.80 bits per heavy atom. The highest BCUT2D eigenvalue weighted by atomic mass is 127. The maximum absolute atomic E-state index is 12.4. The molecule has 25 heavy (non-hydrogen) atoms. The van der Waals surface area contributed by atoms with Gasteiger partial charge in [0.2, 0.25) is 5.91 Å². The maximum Gasteiger partial charge on any atom is 0.573 e. The lowest BCUT2D eigenvalue weighted by Gasteiger charge is -2.14. The first-order valence-electron chi connectivity index (χ1n) is 7.42. The number of halogens is 4. The predicted molar refractivity (Wildman–Crippen MR) is 100 cm³/mol. The van der Waals surface area contributed by atoms with Gasteiger partial charge in [-0.15, -0.1) is 37.1 Å². The van der Waals surface area contributed by atoms with E-state index in [-0.39, 0.29) is 42.2 Å². The van der Waals surface area contributed by atoms with Gasteiger partial charge in [-0.2, -0.15) is 0 Å². The summed E-state index contributed by atoms with van der Waals surface area (Å²) >= 11 is 0. The summed E-state index contributed by atoms with van der Waals surface area (Å²) in [7, 11) is 0. The summed E-state index contributed by atoms with van der Waals surface area (Å²) in [5, 5.41) is 8.57. The fraction of sp³-hybridized carbons (Fsp3) is 0.467. The minimum absolute atomic E-state index is 0. The van der Waals surface area contributed by atoms with Crippen LogP contribution in [-0.4, -0.2) is 37.9 Å². The van der Waals surface area contributed by atoms with Gasteiger partial charge in [0.1, 0.15) is 5.75 Å². The number of hydrogen-bond donors (Lipinski definition) is 3. The molecule has 6 nitrogen and oxygen atoms in total. The highest BCUT2D eigenvalue weighted by molar-refractivity contribution is 14.0. The molecule has 0 atom stereocenters. The zero-order valence-corrected chi connectivity index (χ0v) is 16.3. The Bertz CT molecular complexity index is 568. The molecule has 10 heteroatoms. The second-order valence-corrected chi connectivity index (χ2v) is 4.76. The van der Waals surface area contributed by atoms with Gasteiger partial charge in [0, 0.05) is 32.1 Å². The number of nitrogens with zero attached hydrogens (tertiary/aromatic N) is 1. The van der Waals surface area contributed by atoms with E-state index in [0.717, 1.165) is 0 Å². The lowest BCUT2D eigenvalue weighted by Crippen LogP contribution is -2.41. The van der Waals surface area contributed by atoms with Gasteiger partial charge in [0.15, 0.2) is 5.96 Å². The van der Waals surface area contributed by atoms with Crippen LogP contribution in [0.3, 0.4) is 0 Å². The van der Waals surface area contributed by atoms with Crippen molar-refractivity contribution < 1.29 is 22.7 Å². The summed E-state index contributed by atoms with van der Waals surface area (Å²) in [6.07, 6.45) is -4.75. The van der Waals surface area contributed by atoms with Crippen molar-refractivity contribution in [3.8, 4) is 5.75 Å². The zero-order chi connectivity index (χ0) is 18.0. The standard InChI is InChI=1S/C15H21F3N4O2.HI/c1-3-19-14(21-9-8-20-11(2)23)22-10-12-6-4-5-7-13(12)24-15(16,17)18;/h4-7H,3,8-10H2,1-2H3,(H,20,23)(H2,19,21,22);1H. The summed E-state index contributed by atoms with van der Waals surface area (Å²) in [6, 6.07) is 5.84. The summed E-state index contributed by atoms with van der Waals surface area (Å²) < 4.78 is 41.2. The smallest absolute Gasteiger partial charge is 0.405 e. The molecule has 0 unspecified atom stereocenters. The Hall–Kier alpha value is -1.72. The highest BCUT2D eigenvalue weighted by Gasteiger charge is 2.31. The van der Waals surface area contributed by atoms with Gasteiger partial charge >= 0.3 is 6.36 Å². The van der Waals surface area contributed by atoms with Gasteiger partial charge in [-0.05, 0) is 13.0 Å². The summed E-state index contributed by atoms with van der Waals surface area (Å²) in [4.78, 5) is 15.0. The van der Waals surface area contributed by atoms with Crippen molar-refractivity contribution in [1.29, 1.82) is 0 Å². The van der Waals surface area contributed by atoms with Crippen molar-refractivity contribution in [2.75, 3.05) is 19.6 Å². The molecule has 1 aromatic rings. The van der Waals surface area contributed by atoms with Crippen LogP contribution in [0.5, 0.6) is 5.75 Å². The Kier molecular flexibility index (Phi) is 11.0. The number of alkyl halides is 3. The number of ether oxygens (including phenoxy) is 1. The van der Waals surface area contributed by atoms with Crippen LogP contribution in [0, 0.1) is 0 Å². The maximum atomic E-state index is 12.4. The van der Waals surface area contributed by atoms with Crippen LogP contribution in [0.15, 0.2) is 29.3 Å². The molecule has 0 heterocycles. The summed E-state index contributed by atoms with van der Waals surface area (Å²) in [6.45, 7) is 4.73. The van der Waals surface area contributed by atoms with Crippen LogP contribution in [0.1, 0.15) is 19.4 Å². The number of guanidine groups is 1. The number of nitrogens with one attached hydrogen (secondary N) is 3. The predicted octanol–water partition coefficient (Wildman–Crippen LogP) is 2.39. The van der Waals surface area contributed by atoms with E-state index in [4.69, 9.17) is 0 Å². The third-order valence-corrected chi connectivity index (χ3v) is 2.74. The first kappa shape index (κ1) is 23.3. The lowest BCUT2D eigenvalue weighted by molar-refractivity contribution is -0.274. The minimum Gasteiger partial charge on any atom is -0.405 e. The van der Waals surface area contributed by atoms with Gasteiger partial charge in [0.25, 0.3) is 0 Å². The molecule has 0 spiro atoms. The molecule has 0 fully saturated rings. The van der Waals surface area contributed by atoms with Gasteiger partial charge in [-0.25, -0.2) is 4.99 Å². The van der Waals surface area contributed by atoms with Crippen LogP contribution in [-0.2, 0) is 11.3 Å². The van der Waals surface area contributed by atoms with Gasteiger partial charge in [0.05, 0.1) is 6.54 Å². The average Bonchev–Trinajstić information content (AvgIpc) is 2.48. The normalized spacial score (nSPS) is 11.3. The highest BCUT2D eigenvalue weighted by Crippen LogP contribution is 2.26. The van der Waals surface area contributed by atoms with Crippen molar-refractivity contribution in [3.05, 3.63) is 29.8 Å². The molecular formula is C15H22F3IN4O2. The Morgan fingerprint density at radius 1 is 1.16 bits per heavy atom. The number of rotatable bonds is 7. The van der Waals surface area contributed by atoms with E-state index in [2.05, 4.69) is 25.7 Å². The van der Waals surface area contributed by atoms with Gasteiger partial charge in [-0.1, -0.05) is 18.2 Å². The zero-order valence-electron chi connectivity index (χ0n) is 13.9. The van der Waals surface area contributed by atoms with Crippen LogP contribution in [0.25, 0.3) is 0 Å². The molecule has 0 radical (unpaired) electrons. The third kappa shape index (κ3) is 10.7.